The number of aliphatic hydroxyl groups excluding tert-OH is 1. The molecule has 2 rings (SSSR count). The average molecular weight is 205 g/mol. The molecule has 0 aliphatic carbocycles. The molecule has 0 radical (unpaired) electrons. The summed E-state index contributed by atoms with van der Waals surface area (Å²) in [5.41, 5.74) is 7.46. The van der Waals surface area contributed by atoms with Crippen molar-refractivity contribution in [2.45, 2.75) is 6.54 Å². The van der Waals surface area contributed by atoms with Gasteiger partial charge in [0.15, 0.2) is 0 Å². The molecule has 0 aromatic carbocycles. The fraction of sp³-hybridized carbons (Fsp3) is 0.222. The zero-order valence-electron chi connectivity index (χ0n) is 8.04. The van der Waals surface area contributed by atoms with E-state index in [1.54, 1.807) is 23.3 Å². The van der Waals surface area contributed by atoms with Crippen molar-refractivity contribution in [1.29, 1.82) is 0 Å². The van der Waals surface area contributed by atoms with E-state index < -0.39 is 0 Å². The van der Waals surface area contributed by atoms with Crippen molar-refractivity contribution < 1.29 is 5.11 Å². The molecule has 2 aromatic rings. The van der Waals surface area contributed by atoms with Crippen LogP contribution in [0.2, 0.25) is 0 Å². The molecule has 0 fully saturated rings. The van der Waals surface area contributed by atoms with Crippen molar-refractivity contribution in [2.24, 2.45) is 0 Å². The number of hydrogen-bond donors (Lipinski definition) is 2. The van der Waals surface area contributed by atoms with E-state index in [4.69, 9.17) is 10.8 Å². The molecule has 0 saturated carbocycles. The van der Waals surface area contributed by atoms with Crippen LogP contribution in [0, 0.1) is 0 Å². The van der Waals surface area contributed by atoms with Gasteiger partial charge in [-0.1, -0.05) is 0 Å². The first kappa shape index (κ1) is 9.60. The Morgan fingerprint density at radius 2 is 2.00 bits per heavy atom. The molecule has 0 spiro atoms. The van der Waals surface area contributed by atoms with Crippen LogP contribution in [0.25, 0.3) is 11.1 Å². The molecule has 3 N–H and O–H groups in total. The van der Waals surface area contributed by atoms with Gasteiger partial charge >= 0.3 is 0 Å². The highest BCUT2D eigenvalue weighted by atomic mass is 16.3. The molecule has 78 valence electrons. The second-order valence-electron chi connectivity index (χ2n) is 3.02. The molecular formula is C9H11N5O. The first-order valence-corrected chi connectivity index (χ1v) is 4.50. The minimum absolute atomic E-state index is 0.0105. The molecule has 15 heavy (non-hydrogen) atoms. The van der Waals surface area contributed by atoms with E-state index in [-0.39, 0.29) is 6.61 Å². The minimum Gasteiger partial charge on any atom is -0.394 e. The molecule has 0 aliphatic heterocycles. The van der Waals surface area contributed by atoms with Gasteiger partial charge in [0.1, 0.15) is 12.1 Å². The van der Waals surface area contributed by atoms with Gasteiger partial charge in [-0.15, -0.1) is 0 Å². The summed E-state index contributed by atoms with van der Waals surface area (Å²) in [5, 5.41) is 12.8. The van der Waals surface area contributed by atoms with Crippen LogP contribution in [0.5, 0.6) is 0 Å². The van der Waals surface area contributed by atoms with E-state index in [0.29, 0.717) is 12.4 Å². The molecule has 2 heterocycles. The van der Waals surface area contributed by atoms with Crippen LogP contribution in [-0.2, 0) is 6.54 Å². The summed E-state index contributed by atoms with van der Waals surface area (Å²) in [6.45, 7) is 0.399. The van der Waals surface area contributed by atoms with Crippen molar-refractivity contribution >= 4 is 5.82 Å². The van der Waals surface area contributed by atoms with Gasteiger partial charge in [-0.2, -0.15) is 5.10 Å². The zero-order valence-corrected chi connectivity index (χ0v) is 8.04. The fourth-order valence-electron chi connectivity index (χ4n) is 1.33. The van der Waals surface area contributed by atoms with E-state index in [0.717, 1.165) is 11.1 Å². The summed E-state index contributed by atoms with van der Waals surface area (Å²) in [6, 6.07) is 0. The molecule has 0 unspecified atom stereocenters. The Labute approximate surface area is 86.4 Å². The Bertz CT molecular complexity index is 439. The van der Waals surface area contributed by atoms with Crippen molar-refractivity contribution in [3.63, 3.8) is 0 Å². The second kappa shape index (κ2) is 4.05. The lowest BCUT2D eigenvalue weighted by molar-refractivity contribution is 0.270. The largest absolute Gasteiger partial charge is 0.394 e. The molecule has 2 aromatic heterocycles. The lowest BCUT2D eigenvalue weighted by Crippen LogP contribution is -2.07. The maximum Gasteiger partial charge on any atom is 0.129 e. The number of hydrogen-bond acceptors (Lipinski definition) is 5. The maximum atomic E-state index is 8.78. The number of aliphatic hydroxyl groups is 1. The van der Waals surface area contributed by atoms with Crippen molar-refractivity contribution in [2.75, 3.05) is 12.3 Å². The summed E-state index contributed by atoms with van der Waals surface area (Å²) in [5.74, 6) is 0.513. The molecule has 0 amide bonds. The summed E-state index contributed by atoms with van der Waals surface area (Å²) in [6.07, 6.45) is 6.44. The number of rotatable bonds is 3. The molecule has 0 bridgehead atoms. The summed E-state index contributed by atoms with van der Waals surface area (Å²) >= 11 is 0. The third-order valence-electron chi connectivity index (χ3n) is 2.06. The highest BCUT2D eigenvalue weighted by Crippen LogP contribution is 2.23. The van der Waals surface area contributed by atoms with E-state index in [9.17, 15) is 0 Å². The summed E-state index contributed by atoms with van der Waals surface area (Å²) in [4.78, 5) is 7.81. The number of nitrogens with zero attached hydrogens (tertiary/aromatic N) is 4. The topological polar surface area (TPSA) is 89.9 Å². The predicted octanol–water partition coefficient (Wildman–Crippen LogP) is -0.0854. The van der Waals surface area contributed by atoms with E-state index in [1.807, 2.05) is 0 Å². The molecule has 6 nitrogen and oxygen atoms in total. The smallest absolute Gasteiger partial charge is 0.129 e. The van der Waals surface area contributed by atoms with Crippen LogP contribution in [0.3, 0.4) is 0 Å². The Morgan fingerprint density at radius 1 is 1.27 bits per heavy atom. The quantitative estimate of drug-likeness (QED) is 0.731. The molecular weight excluding hydrogens is 194 g/mol. The first-order chi connectivity index (χ1) is 7.33. The van der Waals surface area contributed by atoms with Crippen LogP contribution in [-0.4, -0.2) is 31.5 Å². The molecule has 0 aliphatic rings. The van der Waals surface area contributed by atoms with Gasteiger partial charge in [0.05, 0.1) is 19.3 Å². The van der Waals surface area contributed by atoms with Crippen LogP contribution in [0.15, 0.2) is 24.9 Å². The second-order valence-corrected chi connectivity index (χ2v) is 3.02. The third kappa shape index (κ3) is 1.79. The van der Waals surface area contributed by atoms with Crippen molar-refractivity contribution in [3.05, 3.63) is 24.9 Å². The van der Waals surface area contributed by atoms with Gasteiger partial charge in [0, 0.05) is 23.5 Å². The van der Waals surface area contributed by atoms with Crippen LogP contribution in [0.1, 0.15) is 0 Å². The summed E-state index contributed by atoms with van der Waals surface area (Å²) in [7, 11) is 0. The van der Waals surface area contributed by atoms with Gasteiger partial charge < -0.3 is 10.8 Å². The minimum atomic E-state index is 0.0105. The molecule has 0 saturated heterocycles. The van der Waals surface area contributed by atoms with E-state index in [2.05, 4.69) is 15.1 Å². The number of anilines is 1. The lowest BCUT2D eigenvalue weighted by Gasteiger charge is -2.02. The van der Waals surface area contributed by atoms with E-state index >= 15 is 0 Å². The third-order valence-corrected chi connectivity index (χ3v) is 2.06. The molecule has 6 heteroatoms. The van der Waals surface area contributed by atoms with Crippen LogP contribution >= 0.6 is 0 Å². The van der Waals surface area contributed by atoms with Gasteiger partial charge in [-0.3, -0.25) is 0 Å². The average Bonchev–Trinajstić information content (AvgIpc) is 2.63. The number of aromatic nitrogens is 4. The fourth-order valence-corrected chi connectivity index (χ4v) is 1.33. The molecule has 0 atom stereocenters. The number of nitrogen functional groups attached to an aromatic ring is 1. The van der Waals surface area contributed by atoms with Gasteiger partial charge in [-0.05, 0) is 0 Å². The van der Waals surface area contributed by atoms with Gasteiger partial charge in [0.2, 0.25) is 0 Å². The van der Waals surface area contributed by atoms with Crippen molar-refractivity contribution in [3.8, 4) is 11.1 Å². The Kier molecular flexibility index (Phi) is 2.59. The van der Waals surface area contributed by atoms with Crippen molar-refractivity contribution in [1.82, 2.24) is 19.7 Å². The SMILES string of the molecule is Nc1c(-c2cncnc2)cnn1CCO. The first-order valence-electron chi connectivity index (χ1n) is 4.50. The standard InChI is InChI=1S/C9H11N5O/c10-9-8(5-13-14(9)1-2-15)7-3-11-6-12-4-7/h3-6,15H,1-2,10H2. The van der Waals surface area contributed by atoms with Crippen LogP contribution < -0.4 is 5.73 Å². The highest BCUT2D eigenvalue weighted by Gasteiger charge is 2.08. The lowest BCUT2D eigenvalue weighted by atomic mass is 10.2. The van der Waals surface area contributed by atoms with Gasteiger partial charge in [-0.25, -0.2) is 14.6 Å². The predicted molar refractivity (Wildman–Crippen MR) is 54.8 cm³/mol. The van der Waals surface area contributed by atoms with Gasteiger partial charge in [0.25, 0.3) is 0 Å². The Hall–Kier alpha value is -1.95. The van der Waals surface area contributed by atoms with E-state index in [1.165, 1.54) is 6.33 Å². The van der Waals surface area contributed by atoms with Crippen LogP contribution in [0.4, 0.5) is 5.82 Å². The highest BCUT2D eigenvalue weighted by molar-refractivity contribution is 5.72. The normalized spacial score (nSPS) is 10.5. The maximum absolute atomic E-state index is 8.78. The zero-order chi connectivity index (χ0) is 10.7. The Balaban J connectivity index is 2.38. The Morgan fingerprint density at radius 3 is 2.67 bits per heavy atom. The monoisotopic (exact) mass is 205 g/mol. The summed E-state index contributed by atoms with van der Waals surface area (Å²) < 4.78 is 1.54. The number of nitrogens with two attached hydrogens (primary N) is 1.